The van der Waals surface area contributed by atoms with E-state index in [4.69, 9.17) is 0 Å². The number of hydrogen-bond acceptors (Lipinski definition) is 3. The first-order valence-electron chi connectivity index (χ1n) is 9.50. The highest BCUT2D eigenvalue weighted by Crippen LogP contribution is 2.41. The SMILES string of the molecule is CC12C(=O)N(N=Cc3cccc(Br)c3)CC(=O)N1CCc1c2[nH]c2ccccc12. The molecule has 0 bridgehead atoms. The fraction of sp³-hybridized carbons (Fsp3) is 0.227. The number of halogens is 1. The van der Waals surface area contributed by atoms with Crippen LogP contribution in [-0.2, 0) is 21.5 Å². The van der Waals surface area contributed by atoms with Crippen molar-refractivity contribution >= 4 is 44.9 Å². The van der Waals surface area contributed by atoms with Crippen LogP contribution in [0.25, 0.3) is 10.9 Å². The maximum Gasteiger partial charge on any atom is 0.275 e. The molecule has 29 heavy (non-hydrogen) atoms. The number of fused-ring (bicyclic) bond motifs is 5. The Labute approximate surface area is 176 Å². The van der Waals surface area contributed by atoms with Crippen LogP contribution in [0.2, 0.25) is 0 Å². The number of hydrazone groups is 1. The van der Waals surface area contributed by atoms with Crippen molar-refractivity contribution in [3.63, 3.8) is 0 Å². The molecule has 1 saturated heterocycles. The topological polar surface area (TPSA) is 68.8 Å². The summed E-state index contributed by atoms with van der Waals surface area (Å²) in [4.78, 5) is 31.6. The number of aromatic amines is 1. The molecule has 3 heterocycles. The van der Waals surface area contributed by atoms with E-state index >= 15 is 0 Å². The molecule has 1 unspecified atom stereocenters. The van der Waals surface area contributed by atoms with Gasteiger partial charge < -0.3 is 9.88 Å². The minimum absolute atomic E-state index is 0.0471. The van der Waals surface area contributed by atoms with Gasteiger partial charge in [-0.25, -0.2) is 5.01 Å². The van der Waals surface area contributed by atoms with Crippen LogP contribution >= 0.6 is 15.9 Å². The summed E-state index contributed by atoms with van der Waals surface area (Å²) in [5, 5.41) is 6.77. The van der Waals surface area contributed by atoms with Gasteiger partial charge in [-0.1, -0.05) is 46.3 Å². The molecule has 2 aliphatic heterocycles. The van der Waals surface area contributed by atoms with E-state index in [-0.39, 0.29) is 18.4 Å². The minimum atomic E-state index is -1.09. The van der Waals surface area contributed by atoms with E-state index in [9.17, 15) is 9.59 Å². The average Bonchev–Trinajstić information content (AvgIpc) is 3.10. The summed E-state index contributed by atoms with van der Waals surface area (Å²) in [6.07, 6.45) is 2.35. The third kappa shape index (κ3) is 2.72. The molecule has 146 valence electrons. The third-order valence-corrected chi connectivity index (χ3v) is 6.35. The molecular formula is C22H19BrN4O2. The van der Waals surface area contributed by atoms with Crippen LogP contribution in [0.5, 0.6) is 0 Å². The highest BCUT2D eigenvalue weighted by molar-refractivity contribution is 9.10. The number of para-hydroxylation sites is 1. The van der Waals surface area contributed by atoms with Crippen LogP contribution in [-0.4, -0.2) is 46.0 Å². The van der Waals surface area contributed by atoms with Crippen LogP contribution in [0.1, 0.15) is 23.7 Å². The Balaban J connectivity index is 1.57. The summed E-state index contributed by atoms with van der Waals surface area (Å²) in [7, 11) is 0. The van der Waals surface area contributed by atoms with Gasteiger partial charge >= 0.3 is 0 Å². The van der Waals surface area contributed by atoms with Gasteiger partial charge in [0.15, 0.2) is 5.54 Å². The number of benzene rings is 2. The van der Waals surface area contributed by atoms with Crippen LogP contribution in [0.4, 0.5) is 0 Å². The number of amides is 2. The van der Waals surface area contributed by atoms with Crippen molar-refractivity contribution in [1.29, 1.82) is 0 Å². The second-order valence-corrected chi connectivity index (χ2v) is 8.47. The quantitative estimate of drug-likeness (QED) is 0.607. The molecule has 0 saturated carbocycles. The Morgan fingerprint density at radius 2 is 2.00 bits per heavy atom. The van der Waals surface area contributed by atoms with Gasteiger partial charge in [-0.05, 0) is 42.7 Å². The average molecular weight is 451 g/mol. The zero-order valence-electron chi connectivity index (χ0n) is 15.9. The molecule has 7 heteroatoms. The van der Waals surface area contributed by atoms with Crippen LogP contribution in [0.3, 0.4) is 0 Å². The van der Waals surface area contributed by atoms with Crippen LogP contribution in [0.15, 0.2) is 58.1 Å². The zero-order valence-corrected chi connectivity index (χ0v) is 17.4. The van der Waals surface area contributed by atoms with Gasteiger partial charge in [-0.15, -0.1) is 0 Å². The number of carbonyl (C=O) groups excluding carboxylic acids is 2. The fourth-order valence-electron chi connectivity index (χ4n) is 4.41. The van der Waals surface area contributed by atoms with E-state index < -0.39 is 5.54 Å². The number of piperazine rings is 1. The lowest BCUT2D eigenvalue weighted by molar-refractivity contribution is -0.165. The largest absolute Gasteiger partial charge is 0.356 e. The van der Waals surface area contributed by atoms with E-state index in [1.54, 1.807) is 11.1 Å². The first-order chi connectivity index (χ1) is 14.0. The van der Waals surface area contributed by atoms with E-state index in [1.165, 1.54) is 5.01 Å². The predicted octanol–water partition coefficient (Wildman–Crippen LogP) is 3.41. The lowest BCUT2D eigenvalue weighted by atomic mass is 9.83. The Kier molecular flexibility index (Phi) is 4.10. The maximum absolute atomic E-state index is 13.5. The van der Waals surface area contributed by atoms with Gasteiger partial charge in [0.05, 0.1) is 11.9 Å². The summed E-state index contributed by atoms with van der Waals surface area (Å²) in [6, 6.07) is 15.6. The van der Waals surface area contributed by atoms with Crippen LogP contribution < -0.4 is 0 Å². The smallest absolute Gasteiger partial charge is 0.275 e. The van der Waals surface area contributed by atoms with Crippen LogP contribution in [0, 0.1) is 0 Å². The molecule has 2 aromatic carbocycles. The highest BCUT2D eigenvalue weighted by Gasteiger charge is 2.54. The molecule has 2 aliphatic rings. The number of nitrogens with one attached hydrogen (secondary N) is 1. The zero-order chi connectivity index (χ0) is 20.2. The number of nitrogens with zero attached hydrogens (tertiary/aromatic N) is 3. The Morgan fingerprint density at radius 3 is 2.83 bits per heavy atom. The summed E-state index contributed by atoms with van der Waals surface area (Å²) < 4.78 is 0.927. The molecule has 6 nitrogen and oxygen atoms in total. The number of H-pyrrole nitrogens is 1. The molecule has 0 radical (unpaired) electrons. The molecule has 0 aliphatic carbocycles. The van der Waals surface area contributed by atoms with E-state index in [2.05, 4.69) is 32.1 Å². The Hall–Kier alpha value is -2.93. The lowest BCUT2D eigenvalue weighted by Crippen LogP contribution is -2.65. The summed E-state index contributed by atoms with van der Waals surface area (Å²) in [5.74, 6) is -0.293. The first kappa shape index (κ1) is 18.1. The number of hydrogen-bond donors (Lipinski definition) is 1. The molecule has 1 N–H and O–H groups in total. The van der Waals surface area contributed by atoms with Gasteiger partial charge in [0.1, 0.15) is 6.54 Å². The standard InChI is InChI=1S/C22H19BrN4O2/c1-22-20-17(16-7-2-3-8-18(16)25-20)9-10-26(22)19(28)13-27(21(22)29)24-12-14-5-4-6-15(23)11-14/h2-8,11-12,25H,9-10,13H2,1H3. The van der Waals surface area contributed by atoms with Crippen molar-refractivity contribution in [2.24, 2.45) is 5.10 Å². The number of aromatic nitrogens is 1. The lowest BCUT2D eigenvalue weighted by Gasteiger charge is -2.48. The minimum Gasteiger partial charge on any atom is -0.356 e. The predicted molar refractivity (Wildman–Crippen MR) is 115 cm³/mol. The first-order valence-corrected chi connectivity index (χ1v) is 10.3. The van der Waals surface area contributed by atoms with Crippen molar-refractivity contribution in [3.8, 4) is 0 Å². The second-order valence-electron chi connectivity index (χ2n) is 7.55. The van der Waals surface area contributed by atoms with Gasteiger partial charge in [-0.2, -0.15) is 5.10 Å². The van der Waals surface area contributed by atoms with Gasteiger partial charge in [-0.3, -0.25) is 9.59 Å². The molecule has 5 rings (SSSR count). The summed E-state index contributed by atoms with van der Waals surface area (Å²) in [6.45, 7) is 2.30. The molecule has 3 aromatic rings. The number of carbonyl (C=O) groups is 2. The normalized spacial score (nSPS) is 21.7. The summed E-state index contributed by atoms with van der Waals surface area (Å²) in [5.41, 5.74) is 2.65. The molecule has 1 atom stereocenters. The summed E-state index contributed by atoms with van der Waals surface area (Å²) >= 11 is 3.43. The van der Waals surface area contributed by atoms with E-state index in [0.717, 1.165) is 38.6 Å². The molecule has 2 amide bonds. The number of rotatable bonds is 2. The molecule has 1 aromatic heterocycles. The van der Waals surface area contributed by atoms with Gasteiger partial charge in [0.2, 0.25) is 5.91 Å². The Morgan fingerprint density at radius 1 is 1.17 bits per heavy atom. The highest BCUT2D eigenvalue weighted by atomic mass is 79.9. The van der Waals surface area contributed by atoms with Gasteiger partial charge in [0, 0.05) is 21.9 Å². The van der Waals surface area contributed by atoms with E-state index in [1.807, 2.05) is 49.4 Å². The fourth-order valence-corrected chi connectivity index (χ4v) is 4.82. The van der Waals surface area contributed by atoms with Crippen molar-refractivity contribution in [2.75, 3.05) is 13.1 Å². The van der Waals surface area contributed by atoms with E-state index in [0.29, 0.717) is 6.54 Å². The molecular weight excluding hydrogens is 432 g/mol. The molecule has 0 spiro atoms. The molecule has 1 fully saturated rings. The van der Waals surface area contributed by atoms with Crippen molar-refractivity contribution < 1.29 is 9.59 Å². The van der Waals surface area contributed by atoms with Crippen molar-refractivity contribution in [1.82, 2.24) is 14.9 Å². The Bertz CT molecular complexity index is 1180. The third-order valence-electron chi connectivity index (χ3n) is 5.86. The second kappa shape index (κ2) is 6.56. The monoisotopic (exact) mass is 450 g/mol. The van der Waals surface area contributed by atoms with Crippen molar-refractivity contribution in [3.05, 3.63) is 69.8 Å². The maximum atomic E-state index is 13.5. The van der Waals surface area contributed by atoms with Gasteiger partial charge in [0.25, 0.3) is 5.91 Å². The van der Waals surface area contributed by atoms with Crippen molar-refractivity contribution in [2.45, 2.75) is 18.9 Å².